The number of aliphatic hydroxyl groups is 1. The van der Waals surface area contributed by atoms with E-state index in [1.54, 1.807) is 24.7 Å². The van der Waals surface area contributed by atoms with Crippen molar-refractivity contribution in [2.45, 2.75) is 24.9 Å². The van der Waals surface area contributed by atoms with Crippen LogP contribution in [0.2, 0.25) is 0 Å². The van der Waals surface area contributed by atoms with Gasteiger partial charge in [0.25, 0.3) is 5.91 Å². The minimum Gasteiger partial charge on any atom is -0.383 e. The highest BCUT2D eigenvalue weighted by Crippen LogP contribution is 2.34. The van der Waals surface area contributed by atoms with Crippen LogP contribution in [0.1, 0.15) is 34.3 Å². The number of hydrogen-bond acceptors (Lipinski definition) is 3. The molecule has 1 aliphatic carbocycles. The molecule has 1 atom stereocenters. The third-order valence-electron chi connectivity index (χ3n) is 4.77. The zero-order valence-electron chi connectivity index (χ0n) is 13.3. The van der Waals surface area contributed by atoms with Gasteiger partial charge in [0.2, 0.25) is 0 Å². The van der Waals surface area contributed by atoms with E-state index in [4.69, 9.17) is 0 Å². The van der Waals surface area contributed by atoms with Gasteiger partial charge in [-0.25, -0.2) is 4.98 Å². The molecule has 5 heteroatoms. The Bertz CT molecular complexity index is 902. The average molecular weight is 321 g/mol. The predicted octanol–water partition coefficient (Wildman–Crippen LogP) is 2.29. The highest BCUT2D eigenvalue weighted by molar-refractivity contribution is 5.95. The Balaban J connectivity index is 1.53. The lowest BCUT2D eigenvalue weighted by molar-refractivity contribution is 0.0189. The lowest BCUT2D eigenvalue weighted by Crippen LogP contribution is -2.43. The molecule has 3 aromatic rings. The van der Waals surface area contributed by atoms with Crippen LogP contribution in [0.5, 0.6) is 0 Å². The highest BCUT2D eigenvalue weighted by atomic mass is 16.3. The third kappa shape index (κ3) is 2.57. The van der Waals surface area contributed by atoms with Crippen molar-refractivity contribution >= 4 is 11.4 Å². The molecule has 1 unspecified atom stereocenters. The number of carbonyl (C=O) groups is 1. The summed E-state index contributed by atoms with van der Waals surface area (Å²) < 4.78 is 1.85. The summed E-state index contributed by atoms with van der Waals surface area (Å²) in [5.41, 5.74) is 2.54. The minimum absolute atomic E-state index is 0.185. The maximum atomic E-state index is 12.5. The molecule has 0 spiro atoms. The molecule has 2 aromatic heterocycles. The maximum absolute atomic E-state index is 12.5. The van der Waals surface area contributed by atoms with Crippen LogP contribution in [0.15, 0.2) is 55.1 Å². The van der Waals surface area contributed by atoms with Crippen molar-refractivity contribution in [3.05, 3.63) is 71.8 Å². The Morgan fingerprint density at radius 1 is 1.33 bits per heavy atom. The quantitative estimate of drug-likeness (QED) is 0.778. The standard InChI is InChI=1S/C19H19N3O2/c23-18(15-7-9-22-13-20-11-16(22)10-15)21-12-19(24)8-3-5-14-4-1-2-6-17(14)19/h1-2,4,6-7,9-11,13,24H,3,5,8,12H2,(H,21,23). The van der Waals surface area contributed by atoms with E-state index in [0.717, 1.165) is 23.9 Å². The zero-order valence-corrected chi connectivity index (χ0v) is 13.3. The van der Waals surface area contributed by atoms with Crippen molar-refractivity contribution in [2.75, 3.05) is 6.54 Å². The summed E-state index contributed by atoms with van der Waals surface area (Å²) in [6, 6.07) is 11.5. The second-order valence-electron chi connectivity index (χ2n) is 6.37. The molecule has 5 nitrogen and oxygen atoms in total. The molecular weight excluding hydrogens is 302 g/mol. The van der Waals surface area contributed by atoms with Crippen LogP contribution in [0.25, 0.3) is 5.52 Å². The first kappa shape index (κ1) is 14.9. The first-order valence-corrected chi connectivity index (χ1v) is 8.16. The van der Waals surface area contributed by atoms with Crippen LogP contribution >= 0.6 is 0 Å². The lowest BCUT2D eigenvalue weighted by Gasteiger charge is -2.34. The molecule has 2 heterocycles. The van der Waals surface area contributed by atoms with Gasteiger partial charge in [-0.3, -0.25) is 4.79 Å². The molecule has 0 saturated carbocycles. The summed E-state index contributed by atoms with van der Waals surface area (Å²) >= 11 is 0. The lowest BCUT2D eigenvalue weighted by atomic mass is 9.79. The van der Waals surface area contributed by atoms with Gasteiger partial charge in [-0.1, -0.05) is 24.3 Å². The first-order chi connectivity index (χ1) is 11.7. The van der Waals surface area contributed by atoms with Gasteiger partial charge in [0.05, 0.1) is 24.6 Å². The number of amides is 1. The molecule has 0 fully saturated rings. The summed E-state index contributed by atoms with van der Waals surface area (Å²) in [6.07, 6.45) is 7.77. The number of carbonyl (C=O) groups excluding carboxylic acids is 1. The van der Waals surface area contributed by atoms with Gasteiger partial charge in [-0.05, 0) is 42.5 Å². The fraction of sp³-hybridized carbons (Fsp3) is 0.263. The number of nitrogens with zero attached hydrogens (tertiary/aromatic N) is 2. The summed E-state index contributed by atoms with van der Waals surface area (Å²) in [4.78, 5) is 16.5. The Kier molecular flexibility index (Phi) is 3.58. The van der Waals surface area contributed by atoms with E-state index in [0.29, 0.717) is 12.0 Å². The SMILES string of the molecule is O=C(NCC1(O)CCCc2ccccc21)c1ccn2cncc2c1. The number of fused-ring (bicyclic) bond motifs is 2. The van der Waals surface area contributed by atoms with Gasteiger partial charge >= 0.3 is 0 Å². The van der Waals surface area contributed by atoms with Gasteiger partial charge in [0.15, 0.2) is 0 Å². The largest absolute Gasteiger partial charge is 0.383 e. The molecule has 24 heavy (non-hydrogen) atoms. The van der Waals surface area contributed by atoms with E-state index in [1.807, 2.05) is 28.8 Å². The number of benzene rings is 1. The fourth-order valence-electron chi connectivity index (χ4n) is 3.47. The zero-order chi connectivity index (χ0) is 16.6. The van der Waals surface area contributed by atoms with E-state index in [-0.39, 0.29) is 12.5 Å². The minimum atomic E-state index is -0.995. The number of aromatic nitrogens is 2. The van der Waals surface area contributed by atoms with Crippen LogP contribution in [0.4, 0.5) is 0 Å². The van der Waals surface area contributed by atoms with E-state index >= 15 is 0 Å². The maximum Gasteiger partial charge on any atom is 0.251 e. The number of imidazole rings is 1. The monoisotopic (exact) mass is 321 g/mol. The Morgan fingerprint density at radius 2 is 2.21 bits per heavy atom. The number of hydrogen-bond donors (Lipinski definition) is 2. The van der Waals surface area contributed by atoms with E-state index in [2.05, 4.69) is 16.4 Å². The summed E-state index contributed by atoms with van der Waals surface area (Å²) in [5.74, 6) is -0.185. The Hall–Kier alpha value is -2.66. The van der Waals surface area contributed by atoms with Crippen molar-refractivity contribution in [1.82, 2.24) is 14.7 Å². The van der Waals surface area contributed by atoms with Gasteiger partial charge < -0.3 is 14.8 Å². The van der Waals surface area contributed by atoms with E-state index in [1.165, 1.54) is 5.56 Å². The molecule has 4 rings (SSSR count). The molecular formula is C19H19N3O2. The second kappa shape index (κ2) is 5.76. The predicted molar refractivity (Wildman–Crippen MR) is 90.8 cm³/mol. The Labute approximate surface area is 140 Å². The third-order valence-corrected chi connectivity index (χ3v) is 4.77. The Morgan fingerprint density at radius 3 is 3.12 bits per heavy atom. The second-order valence-corrected chi connectivity index (χ2v) is 6.37. The molecule has 2 N–H and O–H groups in total. The van der Waals surface area contributed by atoms with Gasteiger partial charge in [0, 0.05) is 11.8 Å². The summed E-state index contributed by atoms with van der Waals surface area (Å²) in [7, 11) is 0. The van der Waals surface area contributed by atoms with Crippen LogP contribution in [0, 0.1) is 0 Å². The first-order valence-electron chi connectivity index (χ1n) is 8.16. The molecule has 0 radical (unpaired) electrons. The molecule has 0 aliphatic heterocycles. The van der Waals surface area contributed by atoms with Crippen molar-refractivity contribution in [3.8, 4) is 0 Å². The van der Waals surface area contributed by atoms with Crippen LogP contribution in [-0.2, 0) is 12.0 Å². The number of rotatable bonds is 3. The molecule has 0 saturated heterocycles. The number of nitrogens with one attached hydrogen (secondary N) is 1. The van der Waals surface area contributed by atoms with Crippen molar-refractivity contribution in [2.24, 2.45) is 0 Å². The van der Waals surface area contributed by atoms with E-state index in [9.17, 15) is 9.90 Å². The van der Waals surface area contributed by atoms with Crippen molar-refractivity contribution < 1.29 is 9.90 Å². The highest BCUT2D eigenvalue weighted by Gasteiger charge is 2.34. The molecule has 122 valence electrons. The fourth-order valence-corrected chi connectivity index (χ4v) is 3.47. The smallest absolute Gasteiger partial charge is 0.251 e. The average Bonchev–Trinajstić information content (AvgIpc) is 3.08. The summed E-state index contributed by atoms with van der Waals surface area (Å²) in [5, 5.41) is 13.9. The van der Waals surface area contributed by atoms with Gasteiger partial charge in [0.1, 0.15) is 5.60 Å². The van der Waals surface area contributed by atoms with Crippen LogP contribution < -0.4 is 5.32 Å². The van der Waals surface area contributed by atoms with Crippen LogP contribution in [-0.4, -0.2) is 26.9 Å². The summed E-state index contributed by atoms with van der Waals surface area (Å²) in [6.45, 7) is 0.216. The molecule has 1 amide bonds. The number of aryl methyl sites for hydroxylation is 1. The van der Waals surface area contributed by atoms with Gasteiger partial charge in [-0.15, -0.1) is 0 Å². The normalized spacial score (nSPS) is 19.9. The van der Waals surface area contributed by atoms with Crippen LogP contribution in [0.3, 0.4) is 0 Å². The van der Waals surface area contributed by atoms with Gasteiger partial charge in [-0.2, -0.15) is 0 Å². The topological polar surface area (TPSA) is 66.6 Å². The van der Waals surface area contributed by atoms with Crippen molar-refractivity contribution in [1.29, 1.82) is 0 Å². The van der Waals surface area contributed by atoms with E-state index < -0.39 is 5.60 Å². The van der Waals surface area contributed by atoms with Crippen molar-refractivity contribution in [3.63, 3.8) is 0 Å². The molecule has 1 aliphatic rings. The number of pyridine rings is 1. The molecule has 0 bridgehead atoms. The molecule has 1 aromatic carbocycles.